The number of hydrogen-bond donors (Lipinski definition) is 0. The molecule has 96 valence electrons. The van der Waals surface area contributed by atoms with E-state index in [0.717, 1.165) is 5.56 Å². The van der Waals surface area contributed by atoms with Crippen molar-refractivity contribution in [2.75, 3.05) is 0 Å². The Bertz CT molecular complexity index is 568. The third-order valence-electron chi connectivity index (χ3n) is 2.58. The Morgan fingerprint density at radius 3 is 2.67 bits per heavy atom. The van der Waals surface area contributed by atoms with Crippen LogP contribution in [0, 0.1) is 5.82 Å². The van der Waals surface area contributed by atoms with Gasteiger partial charge in [0.15, 0.2) is 5.82 Å². The Hall–Kier alpha value is -0.940. The SMILES string of the molecule is CC(C)n1c(CCl)nnc1-c1ccc(F)c(Br)c1. The molecular formula is C12H12BrClFN3. The minimum Gasteiger partial charge on any atom is -0.307 e. The summed E-state index contributed by atoms with van der Waals surface area (Å²) in [5.41, 5.74) is 0.806. The number of alkyl halides is 1. The van der Waals surface area contributed by atoms with E-state index < -0.39 is 0 Å². The van der Waals surface area contributed by atoms with Gasteiger partial charge < -0.3 is 4.57 Å². The molecule has 0 saturated carbocycles. The van der Waals surface area contributed by atoms with Gasteiger partial charge in [0.1, 0.15) is 11.6 Å². The van der Waals surface area contributed by atoms with E-state index in [1.807, 2.05) is 18.4 Å². The average molecular weight is 333 g/mol. The fraction of sp³-hybridized carbons (Fsp3) is 0.333. The fourth-order valence-corrected chi connectivity index (χ4v) is 2.35. The molecule has 0 amide bonds. The van der Waals surface area contributed by atoms with Gasteiger partial charge in [0.2, 0.25) is 0 Å². The van der Waals surface area contributed by atoms with E-state index in [-0.39, 0.29) is 11.9 Å². The Morgan fingerprint density at radius 2 is 2.11 bits per heavy atom. The standard InChI is InChI=1S/C12H12BrClFN3/c1-7(2)18-11(6-14)16-17-12(18)8-3-4-10(15)9(13)5-8/h3-5,7H,6H2,1-2H3. The molecule has 0 fully saturated rings. The summed E-state index contributed by atoms with van der Waals surface area (Å²) in [4.78, 5) is 0. The molecule has 0 radical (unpaired) electrons. The van der Waals surface area contributed by atoms with E-state index in [4.69, 9.17) is 11.6 Å². The number of halogens is 3. The van der Waals surface area contributed by atoms with Crippen LogP contribution in [0.2, 0.25) is 0 Å². The van der Waals surface area contributed by atoms with Crippen LogP contribution >= 0.6 is 27.5 Å². The molecule has 3 nitrogen and oxygen atoms in total. The maximum absolute atomic E-state index is 13.2. The molecule has 0 spiro atoms. The highest BCUT2D eigenvalue weighted by Crippen LogP contribution is 2.27. The smallest absolute Gasteiger partial charge is 0.164 e. The topological polar surface area (TPSA) is 30.7 Å². The number of benzene rings is 1. The van der Waals surface area contributed by atoms with Crippen molar-refractivity contribution in [1.82, 2.24) is 14.8 Å². The summed E-state index contributed by atoms with van der Waals surface area (Å²) >= 11 is 9.01. The molecule has 0 atom stereocenters. The van der Waals surface area contributed by atoms with Gasteiger partial charge in [-0.2, -0.15) is 0 Å². The normalized spacial score (nSPS) is 11.2. The summed E-state index contributed by atoms with van der Waals surface area (Å²) in [7, 11) is 0. The van der Waals surface area contributed by atoms with Gasteiger partial charge in [-0.1, -0.05) is 0 Å². The van der Waals surface area contributed by atoms with Crippen LogP contribution in [0.15, 0.2) is 22.7 Å². The highest BCUT2D eigenvalue weighted by molar-refractivity contribution is 9.10. The second-order valence-corrected chi connectivity index (χ2v) is 5.29. The van der Waals surface area contributed by atoms with Crippen LogP contribution in [0.4, 0.5) is 4.39 Å². The molecule has 1 aromatic carbocycles. The molecular weight excluding hydrogens is 321 g/mol. The van der Waals surface area contributed by atoms with Crippen molar-refractivity contribution in [2.24, 2.45) is 0 Å². The lowest BCUT2D eigenvalue weighted by molar-refractivity contribution is 0.584. The molecule has 6 heteroatoms. The summed E-state index contributed by atoms with van der Waals surface area (Å²) in [5.74, 6) is 1.41. The lowest BCUT2D eigenvalue weighted by Gasteiger charge is -2.13. The van der Waals surface area contributed by atoms with Crippen molar-refractivity contribution < 1.29 is 4.39 Å². The van der Waals surface area contributed by atoms with E-state index in [1.54, 1.807) is 12.1 Å². The van der Waals surface area contributed by atoms with Gasteiger partial charge in [-0.25, -0.2) is 4.39 Å². The first-order chi connectivity index (χ1) is 8.54. The third-order valence-corrected chi connectivity index (χ3v) is 3.43. The summed E-state index contributed by atoms with van der Waals surface area (Å²) in [6, 6.07) is 4.96. The number of rotatable bonds is 3. The number of aromatic nitrogens is 3. The lowest BCUT2D eigenvalue weighted by atomic mass is 10.2. The highest BCUT2D eigenvalue weighted by atomic mass is 79.9. The lowest BCUT2D eigenvalue weighted by Crippen LogP contribution is -2.07. The molecule has 0 aliphatic heterocycles. The summed E-state index contributed by atoms with van der Waals surface area (Å²) < 4.78 is 15.6. The molecule has 0 aliphatic carbocycles. The molecule has 1 heterocycles. The quantitative estimate of drug-likeness (QED) is 0.790. The maximum Gasteiger partial charge on any atom is 0.164 e. The number of nitrogens with zero attached hydrogens (tertiary/aromatic N) is 3. The predicted octanol–water partition coefficient (Wildman–Crippen LogP) is 4.17. The van der Waals surface area contributed by atoms with Crippen molar-refractivity contribution in [3.8, 4) is 11.4 Å². The Morgan fingerprint density at radius 1 is 1.39 bits per heavy atom. The first kappa shape index (κ1) is 13.5. The summed E-state index contributed by atoms with van der Waals surface area (Å²) in [6.07, 6.45) is 0. The molecule has 0 saturated heterocycles. The van der Waals surface area contributed by atoms with Gasteiger partial charge in [-0.3, -0.25) is 0 Å². The molecule has 18 heavy (non-hydrogen) atoms. The molecule has 2 rings (SSSR count). The molecule has 0 aliphatic rings. The van der Waals surface area contributed by atoms with Crippen LogP contribution in [0.25, 0.3) is 11.4 Å². The Labute approximate surface area is 118 Å². The van der Waals surface area contributed by atoms with E-state index in [0.29, 0.717) is 22.0 Å². The van der Waals surface area contributed by atoms with Gasteiger partial charge >= 0.3 is 0 Å². The van der Waals surface area contributed by atoms with Crippen molar-refractivity contribution in [3.05, 3.63) is 34.3 Å². The predicted molar refractivity (Wildman–Crippen MR) is 73.1 cm³/mol. The second kappa shape index (κ2) is 5.36. The minimum absolute atomic E-state index is 0.188. The van der Waals surface area contributed by atoms with Gasteiger partial charge in [0, 0.05) is 11.6 Å². The van der Waals surface area contributed by atoms with Crippen LogP contribution in [-0.4, -0.2) is 14.8 Å². The molecule has 1 aromatic heterocycles. The Kier molecular flexibility index (Phi) is 4.02. The zero-order valence-electron chi connectivity index (χ0n) is 9.99. The van der Waals surface area contributed by atoms with Gasteiger partial charge in [-0.05, 0) is 48.0 Å². The monoisotopic (exact) mass is 331 g/mol. The van der Waals surface area contributed by atoms with Crippen LogP contribution in [0.3, 0.4) is 0 Å². The molecule has 0 unspecified atom stereocenters. The first-order valence-corrected chi connectivity index (χ1v) is 6.82. The molecule has 0 bridgehead atoms. The van der Waals surface area contributed by atoms with Crippen LogP contribution in [0.5, 0.6) is 0 Å². The summed E-state index contributed by atoms with van der Waals surface area (Å²) in [6.45, 7) is 4.06. The highest BCUT2D eigenvalue weighted by Gasteiger charge is 2.16. The number of hydrogen-bond acceptors (Lipinski definition) is 2. The van der Waals surface area contributed by atoms with E-state index in [9.17, 15) is 4.39 Å². The largest absolute Gasteiger partial charge is 0.307 e. The van der Waals surface area contributed by atoms with E-state index in [2.05, 4.69) is 26.1 Å². The second-order valence-electron chi connectivity index (χ2n) is 4.17. The Balaban J connectivity index is 2.56. The van der Waals surface area contributed by atoms with Gasteiger partial charge in [-0.15, -0.1) is 21.8 Å². The van der Waals surface area contributed by atoms with Crippen molar-refractivity contribution in [1.29, 1.82) is 0 Å². The van der Waals surface area contributed by atoms with Gasteiger partial charge in [0.25, 0.3) is 0 Å². The summed E-state index contributed by atoms with van der Waals surface area (Å²) in [5, 5.41) is 8.19. The zero-order chi connectivity index (χ0) is 13.3. The zero-order valence-corrected chi connectivity index (χ0v) is 12.3. The van der Waals surface area contributed by atoms with Crippen LogP contribution in [-0.2, 0) is 5.88 Å². The molecule has 0 N–H and O–H groups in total. The van der Waals surface area contributed by atoms with Crippen LogP contribution < -0.4 is 0 Å². The van der Waals surface area contributed by atoms with Crippen molar-refractivity contribution in [2.45, 2.75) is 25.8 Å². The van der Waals surface area contributed by atoms with Crippen molar-refractivity contribution >= 4 is 27.5 Å². The van der Waals surface area contributed by atoms with Gasteiger partial charge in [0.05, 0.1) is 10.4 Å². The molecule has 2 aromatic rings. The van der Waals surface area contributed by atoms with Crippen LogP contribution in [0.1, 0.15) is 25.7 Å². The maximum atomic E-state index is 13.2. The first-order valence-electron chi connectivity index (χ1n) is 5.49. The average Bonchev–Trinajstić information content (AvgIpc) is 2.76. The minimum atomic E-state index is -0.299. The fourth-order valence-electron chi connectivity index (χ4n) is 1.79. The third kappa shape index (κ3) is 2.42. The van der Waals surface area contributed by atoms with Crippen molar-refractivity contribution in [3.63, 3.8) is 0 Å². The van der Waals surface area contributed by atoms with E-state index >= 15 is 0 Å². The van der Waals surface area contributed by atoms with E-state index in [1.165, 1.54) is 6.07 Å².